The molecule has 2 saturated heterocycles. The Morgan fingerprint density at radius 2 is 1.83 bits per heavy atom. The number of hydrogen-bond donors (Lipinski definition) is 0. The van der Waals surface area contributed by atoms with Gasteiger partial charge in [-0.25, -0.2) is 0 Å². The molecule has 8 nitrogen and oxygen atoms in total. The number of anilines is 1. The van der Waals surface area contributed by atoms with Crippen LogP contribution in [-0.2, 0) is 13.1 Å². The zero-order valence-corrected chi connectivity index (χ0v) is 18.3. The van der Waals surface area contributed by atoms with E-state index in [4.69, 9.17) is 22.4 Å². The highest BCUT2D eigenvalue weighted by atomic mass is 32.2. The molecule has 164 valence electrons. The molecular weight excluding hydrogens is 406 g/mol. The first-order valence-electron chi connectivity index (χ1n) is 10.5. The molecule has 0 saturated carbocycles. The predicted octanol–water partition coefficient (Wildman–Crippen LogP) is 3.95. The van der Waals surface area contributed by atoms with E-state index in [1.807, 2.05) is 12.1 Å². The van der Waals surface area contributed by atoms with Gasteiger partial charge in [-0.15, -0.1) is 0 Å². The molecule has 1 aromatic carbocycles. The molecule has 2 aliphatic heterocycles. The Bertz CT molecular complexity index is 771. The van der Waals surface area contributed by atoms with E-state index in [0.717, 1.165) is 49.8 Å². The molecule has 30 heavy (non-hydrogen) atoms. The molecule has 0 bridgehead atoms. The Balaban J connectivity index is 1.13. The molecule has 2 fully saturated rings. The number of rotatable bonds is 8. The van der Waals surface area contributed by atoms with Gasteiger partial charge in [0.25, 0.3) is 0 Å². The van der Waals surface area contributed by atoms with E-state index in [9.17, 15) is 0 Å². The summed E-state index contributed by atoms with van der Waals surface area (Å²) in [5.41, 5.74) is 1.20. The summed E-state index contributed by atoms with van der Waals surface area (Å²) in [5, 5.41) is 4.04. The first kappa shape index (κ1) is 21.4. The van der Waals surface area contributed by atoms with Crippen LogP contribution in [0.25, 0.3) is 0 Å². The topological polar surface area (TPSA) is 79.1 Å². The first-order chi connectivity index (χ1) is 14.7. The van der Waals surface area contributed by atoms with E-state index in [1.54, 1.807) is 0 Å². The van der Waals surface area contributed by atoms with Gasteiger partial charge in [-0.2, -0.15) is 4.98 Å². The van der Waals surface area contributed by atoms with Crippen LogP contribution in [0.1, 0.15) is 49.9 Å². The fourth-order valence-corrected chi connectivity index (χ4v) is 4.02. The van der Waals surface area contributed by atoms with Crippen molar-refractivity contribution in [2.75, 3.05) is 44.4 Å². The van der Waals surface area contributed by atoms with Gasteiger partial charge in [0.2, 0.25) is 0 Å². The Morgan fingerprint density at radius 1 is 1.10 bits per heavy atom. The minimum absolute atomic E-state index is 0.240. The number of piperidine rings is 1. The second-order valence-electron chi connectivity index (χ2n) is 7.90. The van der Waals surface area contributed by atoms with Crippen LogP contribution in [0, 0.1) is 0 Å². The van der Waals surface area contributed by atoms with Crippen molar-refractivity contribution in [3.8, 4) is 5.75 Å². The number of ether oxygens (including phenoxy) is 2. The van der Waals surface area contributed by atoms with Gasteiger partial charge in [-0.05, 0) is 30.5 Å². The lowest BCUT2D eigenvalue weighted by molar-refractivity contribution is 0.0197. The molecule has 3 heterocycles. The Morgan fingerprint density at radius 3 is 2.50 bits per heavy atom. The molecular formula is C21H29N3O5S. The molecule has 9 heteroatoms. The molecule has 1 aromatic heterocycles. The molecule has 0 amide bonds. The monoisotopic (exact) mass is 435 g/mol. The molecule has 0 unspecified atom stereocenters. The maximum Gasteiger partial charge on any atom is 0.324 e. The van der Waals surface area contributed by atoms with Gasteiger partial charge in [0, 0.05) is 24.9 Å². The minimum Gasteiger partial charge on any atom is -0.491 e. The van der Waals surface area contributed by atoms with Crippen molar-refractivity contribution in [1.82, 2.24) is 10.1 Å². The summed E-state index contributed by atoms with van der Waals surface area (Å²) in [6.45, 7) is 8.29. The summed E-state index contributed by atoms with van der Waals surface area (Å²) in [6, 6.07) is 8.74. The molecule has 0 atom stereocenters. The lowest BCUT2D eigenvalue weighted by Crippen LogP contribution is -2.37. The first-order valence-corrected chi connectivity index (χ1v) is 11.2. The van der Waals surface area contributed by atoms with Gasteiger partial charge in [0.05, 0.1) is 25.9 Å². The Labute approximate surface area is 181 Å². The molecule has 0 N–H and O–H groups in total. The fourth-order valence-electron chi connectivity index (χ4n) is 3.51. The summed E-state index contributed by atoms with van der Waals surface area (Å²) in [5.74, 6) is 2.15. The maximum atomic E-state index is 6.00. The van der Waals surface area contributed by atoms with Gasteiger partial charge in [-0.1, -0.05) is 31.1 Å². The zero-order chi connectivity index (χ0) is 20.8. The summed E-state index contributed by atoms with van der Waals surface area (Å²) >= 11 is 1.07. The smallest absolute Gasteiger partial charge is 0.324 e. The van der Waals surface area contributed by atoms with Gasteiger partial charge in [0.1, 0.15) is 12.4 Å². The summed E-state index contributed by atoms with van der Waals surface area (Å²) in [4.78, 5) is 6.61. The van der Waals surface area contributed by atoms with E-state index >= 15 is 0 Å². The second kappa shape index (κ2) is 10.5. The highest BCUT2D eigenvalue weighted by Crippen LogP contribution is 2.27. The lowest BCUT2D eigenvalue weighted by atomic mass is 10.0. The van der Waals surface area contributed by atoms with E-state index in [-0.39, 0.29) is 17.9 Å². The van der Waals surface area contributed by atoms with Gasteiger partial charge >= 0.3 is 6.01 Å². The van der Waals surface area contributed by atoms with Crippen LogP contribution >= 0.6 is 12.3 Å². The quantitative estimate of drug-likeness (QED) is 0.452. The van der Waals surface area contributed by atoms with E-state index < -0.39 is 0 Å². The summed E-state index contributed by atoms with van der Waals surface area (Å²) < 4.78 is 27.8. The van der Waals surface area contributed by atoms with Gasteiger partial charge in [0.15, 0.2) is 18.1 Å². The van der Waals surface area contributed by atoms with Crippen LogP contribution in [0.2, 0.25) is 0 Å². The second-order valence-corrected chi connectivity index (χ2v) is 8.51. The average molecular weight is 436 g/mol. The average Bonchev–Trinajstić information content (AvgIpc) is 3.29. The van der Waals surface area contributed by atoms with Crippen LogP contribution in [0.3, 0.4) is 0 Å². The van der Waals surface area contributed by atoms with Crippen molar-refractivity contribution in [1.29, 1.82) is 0 Å². The third-order valence-electron chi connectivity index (χ3n) is 5.35. The van der Waals surface area contributed by atoms with E-state index in [2.05, 4.69) is 41.0 Å². The van der Waals surface area contributed by atoms with Crippen molar-refractivity contribution < 1.29 is 22.4 Å². The van der Waals surface area contributed by atoms with E-state index in [0.29, 0.717) is 32.4 Å². The third-order valence-corrected chi connectivity index (χ3v) is 5.82. The molecule has 0 aliphatic carbocycles. The number of hydrogen-bond acceptors (Lipinski definition) is 9. The van der Waals surface area contributed by atoms with Crippen molar-refractivity contribution >= 4 is 18.3 Å². The van der Waals surface area contributed by atoms with Gasteiger partial charge in [-0.3, -0.25) is 8.37 Å². The number of aromatic nitrogens is 2. The molecule has 0 radical (unpaired) electrons. The third kappa shape index (κ3) is 5.66. The number of benzene rings is 1. The maximum absolute atomic E-state index is 6.00. The zero-order valence-electron chi connectivity index (χ0n) is 17.5. The van der Waals surface area contributed by atoms with E-state index in [1.165, 1.54) is 5.56 Å². The normalized spacial score (nSPS) is 18.8. The highest BCUT2D eigenvalue weighted by molar-refractivity contribution is 7.89. The van der Waals surface area contributed by atoms with Crippen LogP contribution in [0.5, 0.6) is 5.75 Å². The number of nitrogens with zero attached hydrogens (tertiary/aromatic N) is 3. The molecule has 0 spiro atoms. The lowest BCUT2D eigenvalue weighted by Gasteiger charge is -2.30. The van der Waals surface area contributed by atoms with Crippen molar-refractivity contribution in [3.05, 3.63) is 35.7 Å². The minimum atomic E-state index is 0.240. The van der Waals surface area contributed by atoms with Crippen molar-refractivity contribution in [3.63, 3.8) is 0 Å². The van der Waals surface area contributed by atoms with Crippen LogP contribution in [-0.4, -0.2) is 55.8 Å². The standard InChI is InChI=1S/C21H29N3O5S/c1-15(2)20-22-21(29-23-20)24-9-7-19(8-10-24)26-12-11-25-18-5-3-16(4-6-18)17-13-27-30-28-14-17/h3-6,15,17,19H,7-14H2,1-2H3. The summed E-state index contributed by atoms with van der Waals surface area (Å²) in [6.07, 6.45) is 2.12. The Kier molecular flexibility index (Phi) is 7.48. The molecule has 2 aliphatic rings. The predicted molar refractivity (Wildman–Crippen MR) is 114 cm³/mol. The highest BCUT2D eigenvalue weighted by Gasteiger charge is 2.24. The van der Waals surface area contributed by atoms with Crippen LogP contribution in [0.15, 0.2) is 28.8 Å². The van der Waals surface area contributed by atoms with Gasteiger partial charge < -0.3 is 18.9 Å². The van der Waals surface area contributed by atoms with Crippen molar-refractivity contribution in [2.24, 2.45) is 0 Å². The Hall–Kier alpha value is -1.81. The fraction of sp³-hybridized carbons (Fsp3) is 0.619. The molecule has 4 rings (SSSR count). The summed E-state index contributed by atoms with van der Waals surface area (Å²) in [7, 11) is 0. The SMILES string of the molecule is CC(C)c1noc(N2CCC(OCCOc3ccc(C4COSOC4)cc3)CC2)n1. The largest absolute Gasteiger partial charge is 0.491 e. The molecule has 2 aromatic rings. The van der Waals surface area contributed by atoms with Crippen molar-refractivity contribution in [2.45, 2.75) is 44.6 Å². The van der Waals surface area contributed by atoms with Crippen LogP contribution in [0.4, 0.5) is 6.01 Å². The van der Waals surface area contributed by atoms with Crippen LogP contribution < -0.4 is 9.64 Å².